The summed E-state index contributed by atoms with van der Waals surface area (Å²) in [5.41, 5.74) is 0. The fraction of sp³-hybridized carbons (Fsp3) is 0.714. The smallest absolute Gasteiger partial charge is 0.176 e. The highest BCUT2D eigenvalue weighted by Gasteiger charge is 2.11. The molecule has 2 nitrogen and oxygen atoms in total. The van der Waals surface area contributed by atoms with Gasteiger partial charge < -0.3 is 9.47 Å². The standard InChI is InChI=1S/C7H12O2/c1-6-4-3-5-7(8-2)9-6/h3,5-7H,4H2,1-2H3/t6-,7-/m1/s1. The zero-order valence-corrected chi connectivity index (χ0v) is 5.83. The van der Waals surface area contributed by atoms with Gasteiger partial charge in [-0.2, -0.15) is 0 Å². The molecule has 0 aliphatic carbocycles. The molecule has 0 saturated carbocycles. The lowest BCUT2D eigenvalue weighted by Gasteiger charge is -2.21. The molecule has 1 aliphatic heterocycles. The van der Waals surface area contributed by atoms with Crippen LogP contribution in [-0.4, -0.2) is 19.5 Å². The van der Waals surface area contributed by atoms with E-state index in [2.05, 4.69) is 6.08 Å². The minimum absolute atomic E-state index is 0.117. The maximum atomic E-state index is 5.33. The second-order valence-corrected chi connectivity index (χ2v) is 2.21. The van der Waals surface area contributed by atoms with E-state index in [4.69, 9.17) is 9.47 Å². The largest absolute Gasteiger partial charge is 0.352 e. The van der Waals surface area contributed by atoms with Crippen LogP contribution in [0.25, 0.3) is 0 Å². The van der Waals surface area contributed by atoms with Crippen molar-refractivity contribution < 1.29 is 9.47 Å². The first-order valence-corrected chi connectivity index (χ1v) is 3.18. The third-order valence-corrected chi connectivity index (χ3v) is 1.36. The Labute approximate surface area is 55.5 Å². The van der Waals surface area contributed by atoms with Crippen LogP contribution in [0.2, 0.25) is 0 Å². The van der Waals surface area contributed by atoms with E-state index in [9.17, 15) is 0 Å². The van der Waals surface area contributed by atoms with Crippen molar-refractivity contribution >= 4 is 0 Å². The van der Waals surface area contributed by atoms with Crippen molar-refractivity contribution in [3.05, 3.63) is 12.2 Å². The van der Waals surface area contributed by atoms with Crippen LogP contribution in [0.1, 0.15) is 13.3 Å². The third kappa shape index (κ3) is 1.80. The molecule has 1 aliphatic rings. The SMILES string of the molecule is CO[C@H]1C=CC[C@@H](C)O1. The summed E-state index contributed by atoms with van der Waals surface area (Å²) in [7, 11) is 1.65. The van der Waals surface area contributed by atoms with Gasteiger partial charge in [0.25, 0.3) is 0 Å². The molecule has 0 aromatic heterocycles. The Balaban J connectivity index is 2.39. The Morgan fingerprint density at radius 3 is 2.89 bits per heavy atom. The molecular weight excluding hydrogens is 116 g/mol. The Kier molecular flexibility index (Phi) is 2.25. The van der Waals surface area contributed by atoms with E-state index in [0.29, 0.717) is 6.10 Å². The van der Waals surface area contributed by atoms with Gasteiger partial charge in [0.2, 0.25) is 0 Å². The number of ether oxygens (including phenoxy) is 2. The Morgan fingerprint density at radius 2 is 2.44 bits per heavy atom. The molecule has 0 aromatic rings. The highest BCUT2D eigenvalue weighted by atomic mass is 16.7. The van der Waals surface area contributed by atoms with Gasteiger partial charge in [0, 0.05) is 7.11 Å². The monoisotopic (exact) mass is 128 g/mol. The van der Waals surface area contributed by atoms with Crippen LogP contribution >= 0.6 is 0 Å². The van der Waals surface area contributed by atoms with Gasteiger partial charge in [-0.15, -0.1) is 0 Å². The van der Waals surface area contributed by atoms with Crippen molar-refractivity contribution in [2.45, 2.75) is 25.7 Å². The molecule has 9 heavy (non-hydrogen) atoms. The quantitative estimate of drug-likeness (QED) is 0.496. The van der Waals surface area contributed by atoms with Crippen molar-refractivity contribution in [3.8, 4) is 0 Å². The maximum absolute atomic E-state index is 5.33. The van der Waals surface area contributed by atoms with Gasteiger partial charge in [0.05, 0.1) is 6.10 Å². The molecule has 0 aromatic carbocycles. The van der Waals surface area contributed by atoms with E-state index in [1.54, 1.807) is 7.11 Å². The van der Waals surface area contributed by atoms with Crippen LogP contribution in [0.15, 0.2) is 12.2 Å². The molecule has 52 valence electrons. The fourth-order valence-electron chi connectivity index (χ4n) is 0.845. The zero-order valence-electron chi connectivity index (χ0n) is 5.83. The molecule has 0 saturated heterocycles. The number of hydrogen-bond donors (Lipinski definition) is 0. The summed E-state index contributed by atoms with van der Waals surface area (Å²) < 4.78 is 10.3. The highest BCUT2D eigenvalue weighted by Crippen LogP contribution is 2.10. The van der Waals surface area contributed by atoms with Crippen LogP contribution in [0.3, 0.4) is 0 Å². The molecule has 0 N–H and O–H groups in total. The highest BCUT2D eigenvalue weighted by molar-refractivity contribution is 4.91. The minimum atomic E-state index is -0.117. The van der Waals surface area contributed by atoms with Crippen LogP contribution < -0.4 is 0 Å². The summed E-state index contributed by atoms with van der Waals surface area (Å²) in [6.07, 6.45) is 5.20. The van der Waals surface area contributed by atoms with E-state index >= 15 is 0 Å². The van der Waals surface area contributed by atoms with Gasteiger partial charge in [-0.25, -0.2) is 0 Å². The summed E-state index contributed by atoms with van der Waals surface area (Å²) in [5.74, 6) is 0. The molecule has 0 radical (unpaired) electrons. The first-order chi connectivity index (χ1) is 4.33. The predicted molar refractivity (Wildman–Crippen MR) is 35.1 cm³/mol. The lowest BCUT2D eigenvalue weighted by Crippen LogP contribution is -2.22. The number of methoxy groups -OCH3 is 1. The normalized spacial score (nSPS) is 34.9. The van der Waals surface area contributed by atoms with Gasteiger partial charge in [0.15, 0.2) is 6.29 Å². The van der Waals surface area contributed by atoms with E-state index in [1.807, 2.05) is 13.0 Å². The Morgan fingerprint density at radius 1 is 1.67 bits per heavy atom. The molecule has 1 rings (SSSR count). The van der Waals surface area contributed by atoms with Crippen molar-refractivity contribution in [1.82, 2.24) is 0 Å². The molecule has 0 unspecified atom stereocenters. The molecule has 0 amide bonds. The van der Waals surface area contributed by atoms with Crippen LogP contribution in [0.4, 0.5) is 0 Å². The summed E-state index contributed by atoms with van der Waals surface area (Å²) in [6, 6.07) is 0. The van der Waals surface area contributed by atoms with Crippen molar-refractivity contribution in [3.63, 3.8) is 0 Å². The maximum Gasteiger partial charge on any atom is 0.176 e. The lowest BCUT2D eigenvalue weighted by molar-refractivity contribution is -0.125. The van der Waals surface area contributed by atoms with Gasteiger partial charge in [-0.3, -0.25) is 0 Å². The first-order valence-electron chi connectivity index (χ1n) is 3.18. The summed E-state index contributed by atoms with van der Waals surface area (Å²) in [5, 5.41) is 0. The predicted octanol–water partition coefficient (Wildman–Crippen LogP) is 1.32. The second kappa shape index (κ2) is 2.99. The molecule has 1 heterocycles. The average molecular weight is 128 g/mol. The van der Waals surface area contributed by atoms with E-state index in [1.165, 1.54) is 0 Å². The van der Waals surface area contributed by atoms with Crippen molar-refractivity contribution in [1.29, 1.82) is 0 Å². The fourth-order valence-corrected chi connectivity index (χ4v) is 0.845. The second-order valence-electron chi connectivity index (χ2n) is 2.21. The number of hydrogen-bond acceptors (Lipinski definition) is 2. The first kappa shape index (κ1) is 6.78. The molecule has 0 bridgehead atoms. The molecule has 0 spiro atoms. The van der Waals surface area contributed by atoms with E-state index in [0.717, 1.165) is 6.42 Å². The van der Waals surface area contributed by atoms with Crippen LogP contribution in [0.5, 0.6) is 0 Å². The molecule has 2 atom stereocenters. The number of rotatable bonds is 1. The van der Waals surface area contributed by atoms with Gasteiger partial charge in [-0.1, -0.05) is 6.08 Å². The Hall–Kier alpha value is -0.340. The van der Waals surface area contributed by atoms with Crippen LogP contribution in [-0.2, 0) is 9.47 Å². The summed E-state index contributed by atoms with van der Waals surface area (Å²) in [6.45, 7) is 2.04. The summed E-state index contributed by atoms with van der Waals surface area (Å²) in [4.78, 5) is 0. The Bertz CT molecular complexity index is 109. The summed E-state index contributed by atoms with van der Waals surface area (Å²) >= 11 is 0. The van der Waals surface area contributed by atoms with E-state index in [-0.39, 0.29) is 6.29 Å². The molecular formula is C7H12O2. The van der Waals surface area contributed by atoms with E-state index < -0.39 is 0 Å². The molecule has 2 heteroatoms. The van der Waals surface area contributed by atoms with Crippen molar-refractivity contribution in [2.24, 2.45) is 0 Å². The van der Waals surface area contributed by atoms with Gasteiger partial charge in [-0.05, 0) is 19.4 Å². The average Bonchev–Trinajstić information content (AvgIpc) is 1.88. The zero-order chi connectivity index (χ0) is 6.69. The van der Waals surface area contributed by atoms with Crippen LogP contribution in [0, 0.1) is 0 Å². The molecule has 0 fully saturated rings. The third-order valence-electron chi connectivity index (χ3n) is 1.36. The van der Waals surface area contributed by atoms with Gasteiger partial charge >= 0.3 is 0 Å². The van der Waals surface area contributed by atoms with Crippen molar-refractivity contribution in [2.75, 3.05) is 7.11 Å². The van der Waals surface area contributed by atoms with Gasteiger partial charge in [0.1, 0.15) is 0 Å². The minimum Gasteiger partial charge on any atom is -0.352 e. The lowest BCUT2D eigenvalue weighted by atomic mass is 10.2. The topological polar surface area (TPSA) is 18.5 Å².